The monoisotopic (exact) mass is 354 g/mol. The Kier molecular flexibility index (Phi) is 5.84. The molecule has 5 heteroatoms. The molecule has 0 saturated carbocycles. The minimum atomic E-state index is 0. The topological polar surface area (TPSA) is 41.0 Å². The number of halogens is 1. The lowest BCUT2D eigenvalue weighted by Gasteiger charge is -2.33. The highest BCUT2D eigenvalue weighted by Gasteiger charge is 2.19. The van der Waals surface area contributed by atoms with Crippen LogP contribution in [0.15, 0.2) is 61.2 Å². The van der Waals surface area contributed by atoms with Crippen molar-refractivity contribution in [1.29, 1.82) is 0 Å². The summed E-state index contributed by atoms with van der Waals surface area (Å²) in [5.41, 5.74) is 2.56. The van der Waals surface area contributed by atoms with Crippen LogP contribution in [0.2, 0.25) is 0 Å². The van der Waals surface area contributed by atoms with Crippen LogP contribution in [0, 0.1) is 0 Å². The number of rotatable bonds is 4. The van der Waals surface area contributed by atoms with Crippen molar-refractivity contribution >= 4 is 28.9 Å². The molecule has 1 aromatic carbocycles. The first-order valence-electron chi connectivity index (χ1n) is 8.58. The zero-order valence-corrected chi connectivity index (χ0v) is 15.0. The lowest BCUT2D eigenvalue weighted by atomic mass is 10.0. The molecule has 1 fully saturated rings. The van der Waals surface area contributed by atoms with Gasteiger partial charge in [-0.2, -0.15) is 0 Å². The molecule has 1 aliphatic heterocycles. The fraction of sp³-hybridized carbons (Fsp3) is 0.300. The first-order chi connectivity index (χ1) is 11.9. The highest BCUT2D eigenvalue weighted by molar-refractivity contribution is 5.85. The van der Waals surface area contributed by atoms with Crippen LogP contribution in [0.5, 0.6) is 0 Å². The predicted molar refractivity (Wildman–Crippen MR) is 105 cm³/mol. The number of nitrogens with one attached hydrogen (secondary N) is 1. The molecule has 2 aromatic heterocycles. The molecule has 0 unspecified atom stereocenters. The molecule has 25 heavy (non-hydrogen) atoms. The van der Waals surface area contributed by atoms with Crippen molar-refractivity contribution in [2.45, 2.75) is 25.4 Å². The second-order valence-corrected chi connectivity index (χ2v) is 6.49. The summed E-state index contributed by atoms with van der Waals surface area (Å²) >= 11 is 0. The first-order valence-corrected chi connectivity index (χ1v) is 8.58. The van der Waals surface area contributed by atoms with Crippen LogP contribution in [0.25, 0.3) is 10.8 Å². The van der Waals surface area contributed by atoms with Crippen molar-refractivity contribution in [3.8, 4) is 0 Å². The van der Waals surface area contributed by atoms with Crippen LogP contribution >= 0.6 is 12.4 Å². The minimum Gasteiger partial charge on any atom is -0.382 e. The Hall–Kier alpha value is -2.17. The number of fused-ring (bicyclic) bond motifs is 1. The van der Waals surface area contributed by atoms with Gasteiger partial charge in [0.15, 0.2) is 0 Å². The number of hydrogen-bond acceptors (Lipinski definition) is 4. The van der Waals surface area contributed by atoms with Crippen LogP contribution in [0.4, 0.5) is 5.69 Å². The lowest BCUT2D eigenvalue weighted by Crippen LogP contribution is -2.38. The van der Waals surface area contributed by atoms with Crippen molar-refractivity contribution in [3.05, 3.63) is 66.7 Å². The largest absolute Gasteiger partial charge is 0.382 e. The quantitative estimate of drug-likeness (QED) is 0.765. The molecule has 0 atom stereocenters. The summed E-state index contributed by atoms with van der Waals surface area (Å²) in [6, 6.07) is 13.4. The van der Waals surface area contributed by atoms with Gasteiger partial charge in [-0.15, -0.1) is 12.4 Å². The standard InChI is InChI=1S/C20H22N4.ClH/c1-2-20(13-17-5-10-22-14-18(1)17)23-19-6-11-24(12-7-19)15-16-3-8-21-9-4-16;/h1-5,8-10,13-14,19,23H,6-7,11-12,15H2;1H. The number of nitrogens with zero attached hydrogens (tertiary/aromatic N) is 3. The second kappa shape index (κ2) is 8.28. The summed E-state index contributed by atoms with van der Waals surface area (Å²) in [6.07, 6.45) is 9.87. The summed E-state index contributed by atoms with van der Waals surface area (Å²) < 4.78 is 0. The van der Waals surface area contributed by atoms with E-state index in [-0.39, 0.29) is 12.4 Å². The van der Waals surface area contributed by atoms with Crippen molar-refractivity contribution < 1.29 is 0 Å². The lowest BCUT2D eigenvalue weighted by molar-refractivity contribution is 0.211. The third-order valence-electron chi connectivity index (χ3n) is 4.75. The predicted octanol–water partition coefficient (Wildman–Crippen LogP) is 4.13. The van der Waals surface area contributed by atoms with Gasteiger partial charge in [0.25, 0.3) is 0 Å². The molecule has 0 radical (unpaired) electrons. The Labute approximate surface area is 154 Å². The maximum absolute atomic E-state index is 4.17. The van der Waals surface area contributed by atoms with E-state index in [9.17, 15) is 0 Å². The third-order valence-corrected chi connectivity index (χ3v) is 4.75. The van der Waals surface area contributed by atoms with Crippen LogP contribution in [0.1, 0.15) is 18.4 Å². The van der Waals surface area contributed by atoms with Gasteiger partial charge in [0.2, 0.25) is 0 Å². The number of benzene rings is 1. The van der Waals surface area contributed by atoms with Gasteiger partial charge in [-0.3, -0.25) is 14.9 Å². The van der Waals surface area contributed by atoms with Crippen molar-refractivity contribution in [2.24, 2.45) is 0 Å². The molecule has 0 bridgehead atoms. The van der Waals surface area contributed by atoms with E-state index in [1.807, 2.05) is 24.8 Å². The van der Waals surface area contributed by atoms with E-state index in [2.05, 4.69) is 56.6 Å². The van der Waals surface area contributed by atoms with E-state index >= 15 is 0 Å². The third kappa shape index (κ3) is 4.47. The summed E-state index contributed by atoms with van der Waals surface area (Å²) in [7, 11) is 0. The average Bonchev–Trinajstić information content (AvgIpc) is 2.64. The van der Waals surface area contributed by atoms with Gasteiger partial charge < -0.3 is 5.32 Å². The highest BCUT2D eigenvalue weighted by atomic mass is 35.5. The number of hydrogen-bond donors (Lipinski definition) is 1. The number of piperidine rings is 1. The van der Waals surface area contributed by atoms with E-state index in [0.29, 0.717) is 6.04 Å². The zero-order chi connectivity index (χ0) is 16.2. The number of anilines is 1. The molecule has 0 amide bonds. The van der Waals surface area contributed by atoms with Crippen LogP contribution in [-0.4, -0.2) is 34.0 Å². The van der Waals surface area contributed by atoms with Gasteiger partial charge in [0, 0.05) is 61.5 Å². The van der Waals surface area contributed by atoms with Crippen LogP contribution < -0.4 is 5.32 Å². The number of pyridine rings is 2. The van der Waals surface area contributed by atoms with Gasteiger partial charge in [-0.05, 0) is 54.1 Å². The van der Waals surface area contributed by atoms with Crippen molar-refractivity contribution in [2.75, 3.05) is 18.4 Å². The molecule has 3 aromatic rings. The van der Waals surface area contributed by atoms with Gasteiger partial charge in [-0.25, -0.2) is 0 Å². The van der Waals surface area contributed by atoms with Crippen LogP contribution in [-0.2, 0) is 6.54 Å². The number of aromatic nitrogens is 2. The molecular weight excluding hydrogens is 332 g/mol. The molecule has 4 rings (SSSR count). The molecule has 4 nitrogen and oxygen atoms in total. The maximum Gasteiger partial charge on any atom is 0.0348 e. The molecular formula is C20H23ClN4. The summed E-state index contributed by atoms with van der Waals surface area (Å²) in [5.74, 6) is 0. The van der Waals surface area contributed by atoms with E-state index in [1.165, 1.54) is 34.9 Å². The van der Waals surface area contributed by atoms with Crippen molar-refractivity contribution in [1.82, 2.24) is 14.9 Å². The maximum atomic E-state index is 4.17. The van der Waals surface area contributed by atoms with Gasteiger partial charge >= 0.3 is 0 Å². The smallest absolute Gasteiger partial charge is 0.0348 e. The SMILES string of the molecule is Cl.c1cc(CN2CCC(Nc3ccc4cnccc4c3)CC2)ccn1. The van der Waals surface area contributed by atoms with E-state index < -0.39 is 0 Å². The molecule has 1 aliphatic rings. The molecule has 130 valence electrons. The number of likely N-dealkylation sites (tertiary alicyclic amines) is 1. The minimum absolute atomic E-state index is 0. The van der Waals surface area contributed by atoms with Gasteiger partial charge in [-0.1, -0.05) is 6.07 Å². The Balaban J connectivity index is 0.00000182. The molecule has 0 aliphatic carbocycles. The van der Waals surface area contributed by atoms with E-state index in [4.69, 9.17) is 0 Å². The van der Waals surface area contributed by atoms with Gasteiger partial charge in [0.1, 0.15) is 0 Å². The molecule has 0 spiro atoms. The Morgan fingerprint density at radius 1 is 0.920 bits per heavy atom. The van der Waals surface area contributed by atoms with Crippen LogP contribution in [0.3, 0.4) is 0 Å². The zero-order valence-electron chi connectivity index (χ0n) is 14.1. The average molecular weight is 355 g/mol. The summed E-state index contributed by atoms with van der Waals surface area (Å²) in [6.45, 7) is 3.30. The Morgan fingerprint density at radius 3 is 2.48 bits per heavy atom. The fourth-order valence-corrected chi connectivity index (χ4v) is 3.39. The molecule has 3 heterocycles. The molecule has 1 N–H and O–H groups in total. The van der Waals surface area contributed by atoms with Gasteiger partial charge in [0.05, 0.1) is 0 Å². The fourth-order valence-electron chi connectivity index (χ4n) is 3.39. The normalized spacial score (nSPS) is 15.7. The summed E-state index contributed by atoms with van der Waals surface area (Å²) in [5, 5.41) is 6.13. The van der Waals surface area contributed by atoms with Crippen molar-refractivity contribution in [3.63, 3.8) is 0 Å². The molecule has 1 saturated heterocycles. The Morgan fingerprint density at radius 2 is 1.68 bits per heavy atom. The van der Waals surface area contributed by atoms with E-state index in [0.717, 1.165) is 19.6 Å². The second-order valence-electron chi connectivity index (χ2n) is 6.49. The first kappa shape index (κ1) is 17.6. The summed E-state index contributed by atoms with van der Waals surface area (Å²) in [4.78, 5) is 10.8. The Bertz CT molecular complexity index is 801. The van der Waals surface area contributed by atoms with E-state index in [1.54, 1.807) is 0 Å². The highest BCUT2D eigenvalue weighted by Crippen LogP contribution is 2.22.